The smallest absolute Gasteiger partial charge is 0.237 e. The maximum atomic E-state index is 12.0. The third kappa shape index (κ3) is 2.84. The van der Waals surface area contributed by atoms with Crippen LogP contribution in [0.3, 0.4) is 0 Å². The number of primary amides is 1. The number of rotatable bonds is 5. The van der Waals surface area contributed by atoms with Gasteiger partial charge in [-0.15, -0.1) is 11.3 Å². The minimum Gasteiger partial charge on any atom is -0.368 e. The topological polar surface area (TPSA) is 55.1 Å². The lowest BCUT2D eigenvalue weighted by Crippen LogP contribution is -2.57. The molecule has 0 radical (unpaired) electrons. The van der Waals surface area contributed by atoms with Gasteiger partial charge in [-0.25, -0.2) is 0 Å². The summed E-state index contributed by atoms with van der Waals surface area (Å²) in [6.07, 6.45) is 6.95. The number of amides is 1. The van der Waals surface area contributed by atoms with Crippen LogP contribution in [0.15, 0.2) is 17.5 Å². The van der Waals surface area contributed by atoms with Crippen LogP contribution in [-0.2, 0) is 11.3 Å². The van der Waals surface area contributed by atoms with E-state index in [4.69, 9.17) is 5.73 Å². The Morgan fingerprint density at radius 2 is 2.26 bits per heavy atom. The molecule has 0 spiro atoms. The van der Waals surface area contributed by atoms with Gasteiger partial charge in [-0.05, 0) is 49.0 Å². The standard InChI is InChI=1S/C15H22N2OS/c16-14(18)15(17-10-13-4-2-8-19-13)7-1-3-12(9-15)11-5-6-11/h2,4,8,11-12,17H,1,3,5-7,9-10H2,(H2,16,18). The van der Waals surface area contributed by atoms with Crippen LogP contribution in [0.5, 0.6) is 0 Å². The van der Waals surface area contributed by atoms with Crippen LogP contribution in [0.25, 0.3) is 0 Å². The molecule has 104 valence electrons. The van der Waals surface area contributed by atoms with Gasteiger partial charge in [0.15, 0.2) is 0 Å². The first kappa shape index (κ1) is 13.1. The Hall–Kier alpha value is -0.870. The van der Waals surface area contributed by atoms with Gasteiger partial charge >= 0.3 is 0 Å². The van der Waals surface area contributed by atoms with E-state index in [1.807, 2.05) is 6.07 Å². The first-order chi connectivity index (χ1) is 9.20. The van der Waals surface area contributed by atoms with E-state index in [1.54, 1.807) is 11.3 Å². The van der Waals surface area contributed by atoms with Crippen LogP contribution in [0.4, 0.5) is 0 Å². The van der Waals surface area contributed by atoms with Crippen molar-refractivity contribution in [2.75, 3.05) is 0 Å². The van der Waals surface area contributed by atoms with Crippen LogP contribution in [-0.4, -0.2) is 11.4 Å². The molecule has 1 amide bonds. The predicted octanol–water partition coefficient (Wildman–Crippen LogP) is 2.66. The van der Waals surface area contributed by atoms with Crippen molar-refractivity contribution < 1.29 is 4.79 Å². The zero-order valence-corrected chi connectivity index (χ0v) is 12.0. The van der Waals surface area contributed by atoms with Crippen molar-refractivity contribution in [2.24, 2.45) is 17.6 Å². The second kappa shape index (κ2) is 5.25. The van der Waals surface area contributed by atoms with Crippen molar-refractivity contribution in [3.8, 4) is 0 Å². The molecule has 2 aliphatic carbocycles. The summed E-state index contributed by atoms with van der Waals surface area (Å²) in [5, 5.41) is 5.56. The van der Waals surface area contributed by atoms with Gasteiger partial charge in [-0.2, -0.15) is 0 Å². The van der Waals surface area contributed by atoms with Crippen LogP contribution < -0.4 is 11.1 Å². The molecule has 1 aromatic rings. The van der Waals surface area contributed by atoms with E-state index in [2.05, 4.69) is 16.8 Å². The highest BCUT2D eigenvalue weighted by molar-refractivity contribution is 7.09. The lowest BCUT2D eigenvalue weighted by atomic mass is 9.73. The lowest BCUT2D eigenvalue weighted by Gasteiger charge is -2.39. The van der Waals surface area contributed by atoms with Crippen molar-refractivity contribution in [2.45, 2.75) is 50.6 Å². The highest BCUT2D eigenvalue weighted by Crippen LogP contribution is 2.46. The Bertz CT molecular complexity index is 441. The molecule has 1 aromatic heterocycles. The van der Waals surface area contributed by atoms with E-state index in [0.29, 0.717) is 5.92 Å². The van der Waals surface area contributed by atoms with Gasteiger partial charge in [-0.3, -0.25) is 10.1 Å². The molecular formula is C15H22N2OS. The molecule has 4 heteroatoms. The molecule has 1 heterocycles. The average Bonchev–Trinajstić information content (AvgIpc) is 3.14. The number of hydrogen-bond donors (Lipinski definition) is 2. The maximum Gasteiger partial charge on any atom is 0.237 e. The molecule has 2 saturated carbocycles. The summed E-state index contributed by atoms with van der Waals surface area (Å²) in [7, 11) is 0. The Labute approximate surface area is 118 Å². The normalized spacial score (nSPS) is 31.3. The number of nitrogens with one attached hydrogen (secondary N) is 1. The van der Waals surface area contributed by atoms with Crippen molar-refractivity contribution in [3.63, 3.8) is 0 Å². The first-order valence-corrected chi connectivity index (χ1v) is 8.15. The molecule has 3 nitrogen and oxygen atoms in total. The summed E-state index contributed by atoms with van der Waals surface area (Å²) in [4.78, 5) is 13.3. The summed E-state index contributed by atoms with van der Waals surface area (Å²) < 4.78 is 0. The molecule has 2 atom stereocenters. The van der Waals surface area contributed by atoms with Gasteiger partial charge in [-0.1, -0.05) is 18.9 Å². The quantitative estimate of drug-likeness (QED) is 0.870. The fourth-order valence-electron chi connectivity index (χ4n) is 3.43. The zero-order chi connectivity index (χ0) is 13.3. The summed E-state index contributed by atoms with van der Waals surface area (Å²) in [5.41, 5.74) is 5.26. The largest absolute Gasteiger partial charge is 0.368 e. The SMILES string of the molecule is NC(=O)C1(NCc2cccs2)CCCC(C2CC2)C1. The van der Waals surface area contributed by atoms with Gasteiger partial charge in [0.05, 0.1) is 5.54 Å². The highest BCUT2D eigenvalue weighted by atomic mass is 32.1. The third-order valence-electron chi connectivity index (χ3n) is 4.73. The molecule has 0 saturated heterocycles. The van der Waals surface area contributed by atoms with Crippen LogP contribution in [0.1, 0.15) is 43.4 Å². The molecule has 19 heavy (non-hydrogen) atoms. The molecule has 2 unspecified atom stereocenters. The van der Waals surface area contributed by atoms with E-state index >= 15 is 0 Å². The molecule has 3 rings (SSSR count). The van der Waals surface area contributed by atoms with Crippen LogP contribution >= 0.6 is 11.3 Å². The highest BCUT2D eigenvalue weighted by Gasteiger charge is 2.45. The summed E-state index contributed by atoms with van der Waals surface area (Å²) in [5.74, 6) is 1.41. The number of carbonyl (C=O) groups excluding carboxylic acids is 1. The monoisotopic (exact) mass is 278 g/mol. The van der Waals surface area contributed by atoms with Gasteiger partial charge in [0.1, 0.15) is 0 Å². The second-order valence-corrected chi connectivity index (χ2v) is 7.11. The fourth-order valence-corrected chi connectivity index (χ4v) is 4.07. The van der Waals surface area contributed by atoms with E-state index in [1.165, 1.54) is 24.1 Å². The minimum atomic E-state index is -0.463. The molecular weight excluding hydrogens is 256 g/mol. The van der Waals surface area contributed by atoms with Gasteiger partial charge < -0.3 is 5.73 Å². The lowest BCUT2D eigenvalue weighted by molar-refractivity contribution is -0.126. The third-order valence-corrected chi connectivity index (χ3v) is 5.61. The number of carbonyl (C=O) groups is 1. The first-order valence-electron chi connectivity index (χ1n) is 7.27. The molecule has 2 aliphatic rings. The average molecular weight is 278 g/mol. The summed E-state index contributed by atoms with van der Waals surface area (Å²) >= 11 is 1.73. The van der Waals surface area contributed by atoms with Crippen molar-refractivity contribution in [1.82, 2.24) is 5.32 Å². The van der Waals surface area contributed by atoms with Crippen molar-refractivity contribution >= 4 is 17.2 Å². The molecule has 3 N–H and O–H groups in total. The Balaban J connectivity index is 1.68. The zero-order valence-electron chi connectivity index (χ0n) is 11.2. The van der Waals surface area contributed by atoms with Gasteiger partial charge in [0.2, 0.25) is 5.91 Å². The molecule has 0 bridgehead atoms. The number of hydrogen-bond acceptors (Lipinski definition) is 3. The number of nitrogens with two attached hydrogens (primary N) is 1. The second-order valence-electron chi connectivity index (χ2n) is 6.07. The van der Waals surface area contributed by atoms with Crippen molar-refractivity contribution in [1.29, 1.82) is 0 Å². The van der Waals surface area contributed by atoms with Gasteiger partial charge in [0.25, 0.3) is 0 Å². The van der Waals surface area contributed by atoms with Gasteiger partial charge in [0, 0.05) is 11.4 Å². The van der Waals surface area contributed by atoms with E-state index in [0.717, 1.165) is 31.7 Å². The minimum absolute atomic E-state index is 0.158. The van der Waals surface area contributed by atoms with E-state index < -0.39 is 5.54 Å². The molecule has 0 aromatic carbocycles. The Morgan fingerprint density at radius 3 is 2.89 bits per heavy atom. The van der Waals surface area contributed by atoms with Crippen LogP contribution in [0, 0.1) is 11.8 Å². The molecule has 0 aliphatic heterocycles. The molecule has 2 fully saturated rings. The Kier molecular flexibility index (Phi) is 3.63. The van der Waals surface area contributed by atoms with E-state index in [-0.39, 0.29) is 5.91 Å². The van der Waals surface area contributed by atoms with Crippen molar-refractivity contribution in [3.05, 3.63) is 22.4 Å². The fraction of sp³-hybridized carbons (Fsp3) is 0.667. The van der Waals surface area contributed by atoms with Crippen LogP contribution in [0.2, 0.25) is 0 Å². The van der Waals surface area contributed by atoms with E-state index in [9.17, 15) is 4.79 Å². The number of thiophene rings is 1. The Morgan fingerprint density at radius 1 is 1.42 bits per heavy atom. The summed E-state index contributed by atoms with van der Waals surface area (Å²) in [6, 6.07) is 4.15. The summed E-state index contributed by atoms with van der Waals surface area (Å²) in [6.45, 7) is 0.762. The maximum absolute atomic E-state index is 12.0. The predicted molar refractivity (Wildman–Crippen MR) is 77.8 cm³/mol.